The minimum Gasteiger partial charge on any atom is -0.322 e. The molecule has 0 saturated carbocycles. The van der Waals surface area contributed by atoms with E-state index in [1.807, 2.05) is 66.9 Å². The molecular formula is C20H19N7O. The highest BCUT2D eigenvalue weighted by Crippen LogP contribution is 2.23. The van der Waals surface area contributed by atoms with Crippen LogP contribution in [0.15, 0.2) is 54.7 Å². The Morgan fingerprint density at radius 3 is 2.64 bits per heavy atom. The molecule has 4 rings (SSSR count). The number of tetrazole rings is 1. The zero-order valence-electron chi connectivity index (χ0n) is 15.8. The van der Waals surface area contributed by atoms with Gasteiger partial charge in [-0.25, -0.2) is 9.67 Å². The van der Waals surface area contributed by atoms with E-state index in [2.05, 4.69) is 25.8 Å². The van der Waals surface area contributed by atoms with Crippen molar-refractivity contribution in [2.75, 3.05) is 5.32 Å². The van der Waals surface area contributed by atoms with Gasteiger partial charge in [-0.15, -0.1) is 5.10 Å². The molecule has 4 aromatic rings. The molecule has 0 unspecified atom stereocenters. The average Bonchev–Trinajstić information content (AvgIpc) is 3.25. The number of aryl methyl sites for hydroxylation is 2. The SMILES string of the molecule is Cc1cc(C(=O)Nc2cccc(-c3nnnn3C)c2)c(C)n1-c1ccccn1. The summed E-state index contributed by atoms with van der Waals surface area (Å²) in [5.74, 6) is 1.24. The molecule has 3 heterocycles. The van der Waals surface area contributed by atoms with Gasteiger partial charge in [0.25, 0.3) is 5.91 Å². The van der Waals surface area contributed by atoms with Crippen LogP contribution >= 0.6 is 0 Å². The second-order valence-electron chi connectivity index (χ2n) is 6.47. The molecule has 1 aromatic carbocycles. The minimum atomic E-state index is -0.177. The number of aromatic nitrogens is 6. The number of carbonyl (C=O) groups excluding carboxylic acids is 1. The van der Waals surface area contributed by atoms with E-state index >= 15 is 0 Å². The maximum atomic E-state index is 12.9. The van der Waals surface area contributed by atoms with E-state index in [1.54, 1.807) is 17.9 Å². The van der Waals surface area contributed by atoms with Crippen molar-refractivity contribution >= 4 is 11.6 Å². The predicted octanol–water partition coefficient (Wildman–Crippen LogP) is 2.93. The molecule has 0 fully saturated rings. The molecule has 28 heavy (non-hydrogen) atoms. The molecule has 1 amide bonds. The van der Waals surface area contributed by atoms with Crippen molar-refractivity contribution in [1.29, 1.82) is 0 Å². The largest absolute Gasteiger partial charge is 0.322 e. The maximum Gasteiger partial charge on any atom is 0.257 e. The van der Waals surface area contributed by atoms with E-state index in [4.69, 9.17) is 0 Å². The van der Waals surface area contributed by atoms with Gasteiger partial charge in [0.15, 0.2) is 5.82 Å². The third kappa shape index (κ3) is 3.16. The van der Waals surface area contributed by atoms with Gasteiger partial charge in [-0.2, -0.15) is 0 Å². The second kappa shape index (κ2) is 7.07. The number of carbonyl (C=O) groups is 1. The van der Waals surface area contributed by atoms with Crippen LogP contribution in [0.5, 0.6) is 0 Å². The quantitative estimate of drug-likeness (QED) is 0.594. The van der Waals surface area contributed by atoms with Crippen molar-refractivity contribution in [3.63, 3.8) is 0 Å². The predicted molar refractivity (Wildman–Crippen MR) is 105 cm³/mol. The van der Waals surface area contributed by atoms with Gasteiger partial charge in [0, 0.05) is 35.9 Å². The van der Waals surface area contributed by atoms with E-state index in [0.717, 1.165) is 22.8 Å². The molecule has 0 atom stereocenters. The van der Waals surface area contributed by atoms with Crippen molar-refractivity contribution in [2.24, 2.45) is 7.05 Å². The number of anilines is 1. The van der Waals surface area contributed by atoms with Crippen LogP contribution in [-0.2, 0) is 7.05 Å². The van der Waals surface area contributed by atoms with Crippen molar-refractivity contribution in [2.45, 2.75) is 13.8 Å². The molecule has 140 valence electrons. The van der Waals surface area contributed by atoms with E-state index < -0.39 is 0 Å². The molecule has 0 aliphatic heterocycles. The third-order valence-electron chi connectivity index (χ3n) is 4.55. The lowest BCUT2D eigenvalue weighted by atomic mass is 10.1. The summed E-state index contributed by atoms with van der Waals surface area (Å²) in [6.45, 7) is 3.87. The van der Waals surface area contributed by atoms with Gasteiger partial charge in [-0.3, -0.25) is 4.79 Å². The number of amides is 1. The topological polar surface area (TPSA) is 90.5 Å². The fourth-order valence-corrected chi connectivity index (χ4v) is 3.24. The van der Waals surface area contributed by atoms with E-state index in [0.29, 0.717) is 17.1 Å². The Morgan fingerprint density at radius 1 is 1.07 bits per heavy atom. The molecule has 3 aromatic heterocycles. The maximum absolute atomic E-state index is 12.9. The smallest absolute Gasteiger partial charge is 0.257 e. The van der Waals surface area contributed by atoms with Gasteiger partial charge in [0.05, 0.1) is 5.56 Å². The highest BCUT2D eigenvalue weighted by Gasteiger charge is 2.17. The number of benzene rings is 1. The third-order valence-corrected chi connectivity index (χ3v) is 4.55. The average molecular weight is 373 g/mol. The van der Waals surface area contributed by atoms with Gasteiger partial charge < -0.3 is 9.88 Å². The molecule has 1 N–H and O–H groups in total. The van der Waals surface area contributed by atoms with Crippen LogP contribution in [0.4, 0.5) is 5.69 Å². The summed E-state index contributed by atoms with van der Waals surface area (Å²) < 4.78 is 3.55. The molecule has 0 bridgehead atoms. The lowest BCUT2D eigenvalue weighted by molar-refractivity contribution is 0.102. The Labute approximate surface area is 161 Å². The molecular weight excluding hydrogens is 354 g/mol. The first kappa shape index (κ1) is 17.6. The molecule has 0 radical (unpaired) electrons. The highest BCUT2D eigenvalue weighted by atomic mass is 16.1. The molecule has 0 spiro atoms. The molecule has 0 aliphatic carbocycles. The lowest BCUT2D eigenvalue weighted by Gasteiger charge is -2.09. The van der Waals surface area contributed by atoms with Crippen LogP contribution in [0.1, 0.15) is 21.7 Å². The molecule has 8 heteroatoms. The Bertz CT molecular complexity index is 1140. The fraction of sp³-hybridized carbons (Fsp3) is 0.150. The monoisotopic (exact) mass is 373 g/mol. The molecule has 0 aliphatic rings. The van der Waals surface area contributed by atoms with Gasteiger partial charge in [0.1, 0.15) is 5.82 Å². The van der Waals surface area contributed by atoms with Gasteiger partial charge >= 0.3 is 0 Å². The van der Waals surface area contributed by atoms with E-state index in [-0.39, 0.29) is 5.91 Å². The summed E-state index contributed by atoms with van der Waals surface area (Å²) in [6, 6.07) is 15.0. The number of nitrogens with one attached hydrogen (secondary N) is 1. The van der Waals surface area contributed by atoms with Crippen LogP contribution in [0, 0.1) is 13.8 Å². The molecule has 8 nitrogen and oxygen atoms in total. The Hall–Kier alpha value is -3.81. The zero-order valence-corrected chi connectivity index (χ0v) is 15.8. The van der Waals surface area contributed by atoms with Gasteiger partial charge in [0.2, 0.25) is 0 Å². The minimum absolute atomic E-state index is 0.177. The Balaban J connectivity index is 1.63. The van der Waals surface area contributed by atoms with Crippen molar-refractivity contribution in [3.8, 4) is 17.2 Å². The number of hydrogen-bond donors (Lipinski definition) is 1. The number of rotatable bonds is 4. The Kier molecular flexibility index (Phi) is 4.44. The summed E-state index contributed by atoms with van der Waals surface area (Å²) in [6.07, 6.45) is 1.74. The highest BCUT2D eigenvalue weighted by molar-refractivity contribution is 6.05. The lowest BCUT2D eigenvalue weighted by Crippen LogP contribution is -2.13. The summed E-state index contributed by atoms with van der Waals surface area (Å²) >= 11 is 0. The first-order valence-electron chi connectivity index (χ1n) is 8.79. The molecule has 0 saturated heterocycles. The summed E-state index contributed by atoms with van der Waals surface area (Å²) in [4.78, 5) is 17.3. The standard InChI is InChI=1S/C20H19N7O/c1-13-11-17(14(2)27(13)18-9-4-5-10-21-18)20(28)22-16-8-6-7-15(12-16)19-23-24-25-26(19)3/h4-12H,1-3H3,(H,22,28). The van der Waals surface area contributed by atoms with Crippen LogP contribution in [0.3, 0.4) is 0 Å². The van der Waals surface area contributed by atoms with Crippen molar-refractivity contribution in [3.05, 3.63) is 71.7 Å². The first-order chi connectivity index (χ1) is 13.5. The van der Waals surface area contributed by atoms with Crippen molar-refractivity contribution in [1.82, 2.24) is 29.8 Å². The van der Waals surface area contributed by atoms with Crippen LogP contribution in [0.2, 0.25) is 0 Å². The first-order valence-corrected chi connectivity index (χ1v) is 8.79. The van der Waals surface area contributed by atoms with E-state index in [9.17, 15) is 4.79 Å². The second-order valence-corrected chi connectivity index (χ2v) is 6.47. The van der Waals surface area contributed by atoms with Crippen LogP contribution < -0.4 is 5.32 Å². The van der Waals surface area contributed by atoms with Crippen LogP contribution in [0.25, 0.3) is 17.2 Å². The normalized spacial score (nSPS) is 10.8. The summed E-state index contributed by atoms with van der Waals surface area (Å²) in [7, 11) is 1.77. The summed E-state index contributed by atoms with van der Waals surface area (Å²) in [5, 5.41) is 14.5. The van der Waals surface area contributed by atoms with Crippen LogP contribution in [-0.4, -0.2) is 35.7 Å². The summed E-state index contributed by atoms with van der Waals surface area (Å²) in [5.41, 5.74) is 3.88. The number of pyridine rings is 1. The fourth-order valence-electron chi connectivity index (χ4n) is 3.24. The van der Waals surface area contributed by atoms with Gasteiger partial charge in [-0.1, -0.05) is 18.2 Å². The zero-order chi connectivity index (χ0) is 19.7. The van der Waals surface area contributed by atoms with Crippen molar-refractivity contribution < 1.29 is 4.79 Å². The number of hydrogen-bond acceptors (Lipinski definition) is 5. The van der Waals surface area contributed by atoms with E-state index in [1.165, 1.54) is 0 Å². The number of nitrogens with zero attached hydrogens (tertiary/aromatic N) is 6. The van der Waals surface area contributed by atoms with Gasteiger partial charge in [-0.05, 0) is 54.6 Å². The Morgan fingerprint density at radius 2 is 1.93 bits per heavy atom.